The molecule has 184 valence electrons. The topological polar surface area (TPSA) is 120 Å². The number of urea groups is 1. The van der Waals surface area contributed by atoms with Crippen LogP contribution in [0.4, 0.5) is 10.5 Å². The molecule has 0 saturated carbocycles. The second-order valence-corrected chi connectivity index (χ2v) is 11.4. The Morgan fingerprint density at radius 2 is 1.58 bits per heavy atom. The molecule has 2 aliphatic heterocycles. The molecule has 2 heterocycles. The van der Waals surface area contributed by atoms with Crippen LogP contribution in [0.5, 0.6) is 0 Å². The zero-order valence-electron chi connectivity index (χ0n) is 19.8. The molecule has 2 aliphatic carbocycles. The quantitative estimate of drug-likeness (QED) is 0.512. The van der Waals surface area contributed by atoms with Gasteiger partial charge >= 0.3 is 16.2 Å². The number of anilines is 1. The molecule has 9 nitrogen and oxygen atoms in total. The van der Waals surface area contributed by atoms with Crippen LogP contribution in [-0.4, -0.2) is 76.6 Å². The second-order valence-electron chi connectivity index (χ2n) is 9.97. The Labute approximate surface area is 197 Å². The molecule has 0 bridgehead atoms. The number of fused-ring (bicyclic) bond motifs is 2. The van der Waals surface area contributed by atoms with E-state index in [4.69, 9.17) is 5.73 Å². The summed E-state index contributed by atoms with van der Waals surface area (Å²) in [6.45, 7) is 3.77. The van der Waals surface area contributed by atoms with E-state index < -0.39 is 16.2 Å². The molecule has 1 aromatic carbocycles. The van der Waals surface area contributed by atoms with E-state index in [2.05, 4.69) is 37.7 Å². The molecule has 2 amide bonds. The van der Waals surface area contributed by atoms with E-state index in [9.17, 15) is 13.2 Å². The number of likely N-dealkylation sites (tertiary alicyclic amines) is 2. The molecule has 33 heavy (non-hydrogen) atoms. The van der Waals surface area contributed by atoms with Crippen molar-refractivity contribution >= 4 is 21.9 Å². The minimum atomic E-state index is -3.87. The average Bonchev–Trinajstić information content (AvgIpc) is 3.51. The zero-order valence-corrected chi connectivity index (χ0v) is 20.6. The summed E-state index contributed by atoms with van der Waals surface area (Å²) in [7, 11) is 0.179. The number of hydrogen-bond acceptors (Lipinski definition) is 6. The van der Waals surface area contributed by atoms with Gasteiger partial charge in [0, 0.05) is 30.9 Å². The third kappa shape index (κ3) is 6.24. The molecule has 4 aliphatic rings. The monoisotopic (exact) mass is 478 g/mol. The van der Waals surface area contributed by atoms with Crippen LogP contribution in [0.15, 0.2) is 6.07 Å². The molecule has 0 aromatic heterocycles. The number of hydrogen-bond donors (Lipinski definition) is 4. The normalized spacial score (nSPS) is 24.8. The van der Waals surface area contributed by atoms with Crippen molar-refractivity contribution in [2.45, 2.75) is 63.5 Å². The Bertz CT molecular complexity index is 943. The van der Waals surface area contributed by atoms with E-state index >= 15 is 0 Å². The van der Waals surface area contributed by atoms with Gasteiger partial charge in [0.15, 0.2) is 0 Å². The summed E-state index contributed by atoms with van der Waals surface area (Å²) < 4.78 is 29.2. The van der Waals surface area contributed by atoms with Crippen molar-refractivity contribution in [3.05, 3.63) is 28.3 Å². The molecule has 2 atom stereocenters. The molecule has 2 fully saturated rings. The van der Waals surface area contributed by atoms with Crippen molar-refractivity contribution in [1.29, 1.82) is 0 Å². The number of aryl methyl sites for hydroxylation is 2. The van der Waals surface area contributed by atoms with E-state index in [-0.39, 0.29) is 6.04 Å². The van der Waals surface area contributed by atoms with E-state index in [1.165, 1.54) is 35.2 Å². The van der Waals surface area contributed by atoms with E-state index in [0.717, 1.165) is 63.7 Å². The number of rotatable bonds is 4. The minimum Gasteiger partial charge on any atom is -0.326 e. The number of benzene rings is 1. The van der Waals surface area contributed by atoms with Gasteiger partial charge in [-0.3, -0.25) is 0 Å². The number of nitrogens with one attached hydrogen (secondary N) is 3. The summed E-state index contributed by atoms with van der Waals surface area (Å²) in [5.41, 5.74) is 11.4. The van der Waals surface area contributed by atoms with Crippen LogP contribution < -0.4 is 20.5 Å². The smallest absolute Gasteiger partial charge is 0.326 e. The van der Waals surface area contributed by atoms with Gasteiger partial charge in [-0.1, -0.05) is 6.07 Å². The molecular formula is C23H38N6O3S. The van der Waals surface area contributed by atoms with Gasteiger partial charge in [0.2, 0.25) is 0 Å². The fraction of sp³-hybridized carbons (Fsp3) is 0.696. The van der Waals surface area contributed by atoms with E-state index in [1.54, 1.807) is 0 Å². The van der Waals surface area contributed by atoms with Crippen LogP contribution >= 0.6 is 0 Å². The lowest BCUT2D eigenvalue weighted by molar-refractivity contribution is 0.256. The van der Waals surface area contributed by atoms with Crippen molar-refractivity contribution in [3.8, 4) is 0 Å². The summed E-state index contributed by atoms with van der Waals surface area (Å²) in [5.74, 6) is 0. The van der Waals surface area contributed by atoms with Gasteiger partial charge in [-0.05, 0) is 101 Å². The first-order valence-corrected chi connectivity index (χ1v) is 13.6. The first-order valence-electron chi connectivity index (χ1n) is 12.1. The van der Waals surface area contributed by atoms with Crippen LogP contribution in [0.25, 0.3) is 0 Å². The maximum absolute atomic E-state index is 12.4. The predicted molar refractivity (Wildman–Crippen MR) is 131 cm³/mol. The van der Waals surface area contributed by atoms with Crippen LogP contribution in [0.3, 0.4) is 0 Å². The van der Waals surface area contributed by atoms with Crippen LogP contribution in [-0.2, 0) is 35.9 Å². The third-order valence-corrected chi connectivity index (χ3v) is 8.18. The van der Waals surface area contributed by atoms with E-state index in [1.807, 2.05) is 7.05 Å². The lowest BCUT2D eigenvalue weighted by Gasteiger charge is -2.18. The molecule has 10 heteroatoms. The first kappa shape index (κ1) is 24.4. The maximum atomic E-state index is 12.4. The Morgan fingerprint density at radius 1 is 0.970 bits per heavy atom. The number of carbonyl (C=O) groups excluding carboxylic acids is 1. The van der Waals surface area contributed by atoms with Crippen LogP contribution in [0.1, 0.15) is 47.9 Å². The van der Waals surface area contributed by atoms with E-state index in [0.29, 0.717) is 12.6 Å². The van der Waals surface area contributed by atoms with Crippen molar-refractivity contribution in [2.24, 2.45) is 5.73 Å². The second kappa shape index (κ2) is 10.3. The van der Waals surface area contributed by atoms with Gasteiger partial charge in [-0.15, -0.1) is 0 Å². The Balaban J connectivity index is 0.000000318. The summed E-state index contributed by atoms with van der Waals surface area (Å²) in [6, 6.07) is 1.89. The number of nitrogens with two attached hydrogens (primary N) is 1. The molecule has 2 unspecified atom stereocenters. The van der Waals surface area contributed by atoms with Crippen LogP contribution in [0, 0.1) is 0 Å². The fourth-order valence-corrected chi connectivity index (χ4v) is 6.46. The van der Waals surface area contributed by atoms with Gasteiger partial charge in [-0.2, -0.15) is 13.1 Å². The van der Waals surface area contributed by atoms with Crippen molar-refractivity contribution in [3.63, 3.8) is 0 Å². The molecule has 0 spiro atoms. The van der Waals surface area contributed by atoms with Gasteiger partial charge < -0.3 is 20.9 Å². The Hall–Kier alpha value is -1.72. The molecule has 1 aromatic rings. The molecule has 2 saturated heterocycles. The third-order valence-electron chi connectivity index (χ3n) is 7.08. The summed E-state index contributed by atoms with van der Waals surface area (Å²) in [6.07, 6.45) is 8.06. The highest BCUT2D eigenvalue weighted by molar-refractivity contribution is 7.88. The standard InChI is InChI=1S/C18H26N4O3S.C5H12N2/c1-22-9-8-14(11-22)20-26(24,25)21-18(23)19-17-15-6-2-4-12(15)10-13-5-3-7-16(13)17;1-7-3-2-5(6)4-7/h10,14,20H,2-9,11H2,1H3,(H2,19,21,23);5H,2-4,6H2,1H3. The summed E-state index contributed by atoms with van der Waals surface area (Å²) >= 11 is 0. The molecule has 5 rings (SSSR count). The van der Waals surface area contributed by atoms with Gasteiger partial charge in [0.05, 0.1) is 0 Å². The highest BCUT2D eigenvalue weighted by Gasteiger charge is 2.28. The predicted octanol–water partition coefficient (Wildman–Crippen LogP) is 0.973. The number of carbonyl (C=O) groups is 1. The van der Waals surface area contributed by atoms with Gasteiger partial charge in [-0.25, -0.2) is 9.52 Å². The van der Waals surface area contributed by atoms with Crippen molar-refractivity contribution in [1.82, 2.24) is 19.2 Å². The van der Waals surface area contributed by atoms with Gasteiger partial charge in [0.25, 0.3) is 0 Å². The maximum Gasteiger partial charge on any atom is 0.333 e. The minimum absolute atomic E-state index is 0.157. The van der Waals surface area contributed by atoms with Crippen molar-refractivity contribution < 1.29 is 13.2 Å². The highest BCUT2D eigenvalue weighted by Crippen LogP contribution is 2.38. The summed E-state index contributed by atoms with van der Waals surface area (Å²) in [5, 5.41) is 2.85. The average molecular weight is 479 g/mol. The zero-order chi connectivity index (χ0) is 23.6. The highest BCUT2D eigenvalue weighted by atomic mass is 32.2. The number of likely N-dealkylation sites (N-methyl/N-ethyl adjacent to an activating group) is 2. The summed E-state index contributed by atoms with van der Waals surface area (Å²) in [4.78, 5) is 16.7. The molecule has 5 N–H and O–H groups in total. The van der Waals surface area contributed by atoms with Crippen molar-refractivity contribution in [2.75, 3.05) is 45.6 Å². The first-order chi connectivity index (χ1) is 15.7. The largest absolute Gasteiger partial charge is 0.333 e. The Morgan fingerprint density at radius 3 is 2.06 bits per heavy atom. The fourth-order valence-electron chi connectivity index (χ4n) is 5.48. The number of amides is 2. The SMILES string of the molecule is CN1CCC(N)C1.CN1CCC(NS(=O)(=O)NC(=O)Nc2c3c(cc4c2CCC4)CCC3)C1. The molecular weight excluding hydrogens is 440 g/mol. The van der Waals surface area contributed by atoms with Gasteiger partial charge in [0.1, 0.15) is 0 Å². The van der Waals surface area contributed by atoms with Crippen LogP contribution in [0.2, 0.25) is 0 Å². The lowest BCUT2D eigenvalue weighted by Crippen LogP contribution is -2.47. The Kier molecular flexibility index (Phi) is 7.59. The lowest BCUT2D eigenvalue weighted by atomic mass is 9.99. The molecule has 0 radical (unpaired) electrons. The number of nitrogens with zero attached hydrogens (tertiary/aromatic N) is 2.